The molecule has 2 aliphatic heterocycles. The summed E-state index contributed by atoms with van der Waals surface area (Å²) >= 11 is 1.89. The third kappa shape index (κ3) is 5.53. The minimum absolute atomic E-state index is 0.00159. The molecule has 2 saturated heterocycles. The van der Waals surface area contributed by atoms with E-state index in [2.05, 4.69) is 15.1 Å². The first-order valence-corrected chi connectivity index (χ1v) is 12.1. The molecule has 0 atom stereocenters. The van der Waals surface area contributed by atoms with Gasteiger partial charge >= 0.3 is 0 Å². The molecule has 0 unspecified atom stereocenters. The molecule has 1 N–H and O–H groups in total. The van der Waals surface area contributed by atoms with E-state index >= 15 is 0 Å². The van der Waals surface area contributed by atoms with Gasteiger partial charge in [-0.25, -0.2) is 0 Å². The zero-order valence-electron chi connectivity index (χ0n) is 17.1. The van der Waals surface area contributed by atoms with E-state index in [9.17, 15) is 9.59 Å². The maximum atomic E-state index is 12.7. The van der Waals surface area contributed by atoms with Gasteiger partial charge in [-0.3, -0.25) is 19.4 Å². The Morgan fingerprint density at radius 2 is 1.72 bits per heavy atom. The second-order valence-electron chi connectivity index (χ2n) is 8.28. The largest absolute Gasteiger partial charge is 0.337 e. The van der Waals surface area contributed by atoms with E-state index in [1.807, 2.05) is 34.9 Å². The molecule has 0 radical (unpaired) electrons. The Labute approximate surface area is 178 Å². The fraction of sp³-hybridized carbons (Fsp3) is 0.636. The molecule has 2 amide bonds. The van der Waals surface area contributed by atoms with Crippen LogP contribution in [-0.4, -0.2) is 89.9 Å². The Balaban J connectivity index is 1.26. The zero-order chi connectivity index (χ0) is 20.1. The minimum atomic E-state index is -0.00159. The average Bonchev–Trinajstić information content (AvgIpc) is 3.29. The van der Waals surface area contributed by atoms with Crippen LogP contribution < -0.4 is 5.32 Å². The number of hydrogen-bond donors (Lipinski definition) is 1. The molecule has 158 valence electrons. The monoisotopic (exact) mass is 416 g/mol. The topological polar surface area (TPSA) is 55.9 Å². The number of carbonyl (C=O) groups is 2. The van der Waals surface area contributed by atoms with Crippen molar-refractivity contribution in [2.45, 2.75) is 31.7 Å². The van der Waals surface area contributed by atoms with Crippen LogP contribution in [0.2, 0.25) is 0 Å². The van der Waals surface area contributed by atoms with Crippen molar-refractivity contribution < 1.29 is 9.59 Å². The van der Waals surface area contributed by atoms with Gasteiger partial charge < -0.3 is 10.2 Å². The van der Waals surface area contributed by atoms with E-state index in [-0.39, 0.29) is 11.8 Å². The van der Waals surface area contributed by atoms with E-state index < -0.39 is 0 Å². The lowest BCUT2D eigenvalue weighted by Gasteiger charge is -2.37. The number of rotatable bonds is 5. The molecule has 6 nitrogen and oxygen atoms in total. The maximum Gasteiger partial charge on any atom is 0.253 e. The summed E-state index contributed by atoms with van der Waals surface area (Å²) in [4.78, 5) is 32.0. The molecule has 1 saturated carbocycles. The Kier molecular flexibility index (Phi) is 7.11. The number of piperazine rings is 1. The summed E-state index contributed by atoms with van der Waals surface area (Å²) < 4.78 is 0. The lowest BCUT2D eigenvalue weighted by atomic mass is 10.1. The van der Waals surface area contributed by atoms with Gasteiger partial charge in [0.05, 0.1) is 6.54 Å². The van der Waals surface area contributed by atoms with Gasteiger partial charge in [-0.2, -0.15) is 11.8 Å². The van der Waals surface area contributed by atoms with E-state index in [4.69, 9.17) is 0 Å². The van der Waals surface area contributed by atoms with Gasteiger partial charge in [0.2, 0.25) is 5.91 Å². The standard InChI is InChI=1S/C22H32N4O2S/c27-21(17-24-8-10-25(11-9-24)20-6-1-2-7-20)23-19-5-3-4-18(16-19)22(28)26-12-14-29-15-13-26/h3-5,16,20H,1-2,6-15,17H2,(H,23,27). The van der Waals surface area contributed by atoms with Crippen molar-refractivity contribution in [1.82, 2.24) is 14.7 Å². The Bertz CT molecular complexity index is 709. The molecule has 0 aromatic heterocycles. The van der Waals surface area contributed by atoms with Crippen LogP contribution in [0.15, 0.2) is 24.3 Å². The average molecular weight is 417 g/mol. The number of hydrogen-bond acceptors (Lipinski definition) is 5. The molecular weight excluding hydrogens is 384 g/mol. The third-order valence-corrected chi connectivity index (χ3v) is 7.25. The van der Waals surface area contributed by atoms with E-state index in [1.54, 1.807) is 6.07 Å². The summed E-state index contributed by atoms with van der Waals surface area (Å²) in [5, 5.41) is 2.98. The van der Waals surface area contributed by atoms with Gasteiger partial charge in [0, 0.05) is 68.1 Å². The first-order chi connectivity index (χ1) is 14.2. The molecule has 1 aliphatic carbocycles. The van der Waals surface area contributed by atoms with Crippen LogP contribution in [-0.2, 0) is 4.79 Å². The van der Waals surface area contributed by atoms with Crippen molar-refractivity contribution in [1.29, 1.82) is 0 Å². The summed E-state index contributed by atoms with van der Waals surface area (Å²) in [6.07, 6.45) is 5.41. The highest BCUT2D eigenvalue weighted by molar-refractivity contribution is 7.99. The minimum Gasteiger partial charge on any atom is -0.337 e. The fourth-order valence-electron chi connectivity index (χ4n) is 4.64. The van der Waals surface area contributed by atoms with Crippen LogP contribution in [0.3, 0.4) is 0 Å². The van der Waals surface area contributed by atoms with Crippen LogP contribution in [0, 0.1) is 0 Å². The number of nitrogens with one attached hydrogen (secondary N) is 1. The van der Waals surface area contributed by atoms with Crippen molar-refractivity contribution in [2.24, 2.45) is 0 Å². The van der Waals surface area contributed by atoms with Crippen molar-refractivity contribution in [2.75, 3.05) is 62.6 Å². The number of nitrogens with zero attached hydrogens (tertiary/aromatic N) is 3. The molecule has 0 spiro atoms. The predicted molar refractivity (Wildman–Crippen MR) is 119 cm³/mol. The summed E-state index contributed by atoms with van der Waals surface area (Å²) in [5.41, 5.74) is 1.36. The van der Waals surface area contributed by atoms with Crippen LogP contribution in [0.4, 0.5) is 5.69 Å². The second-order valence-corrected chi connectivity index (χ2v) is 9.51. The molecule has 0 bridgehead atoms. The highest BCUT2D eigenvalue weighted by atomic mass is 32.2. The van der Waals surface area contributed by atoms with Crippen LogP contribution in [0.1, 0.15) is 36.0 Å². The van der Waals surface area contributed by atoms with E-state index in [1.165, 1.54) is 25.7 Å². The number of amides is 2. The number of carbonyl (C=O) groups excluding carboxylic acids is 2. The lowest BCUT2D eigenvalue weighted by Crippen LogP contribution is -2.51. The molecule has 1 aromatic rings. The highest BCUT2D eigenvalue weighted by Gasteiger charge is 2.26. The van der Waals surface area contributed by atoms with Gasteiger partial charge in [0.25, 0.3) is 5.91 Å². The molecule has 29 heavy (non-hydrogen) atoms. The van der Waals surface area contributed by atoms with Crippen LogP contribution >= 0.6 is 11.8 Å². The summed E-state index contributed by atoms with van der Waals surface area (Å²) in [6.45, 7) is 6.05. The van der Waals surface area contributed by atoms with Crippen LogP contribution in [0.25, 0.3) is 0 Å². The molecule has 1 aromatic carbocycles. The Hall–Kier alpha value is -1.57. The molecular formula is C22H32N4O2S. The lowest BCUT2D eigenvalue weighted by molar-refractivity contribution is -0.117. The number of benzene rings is 1. The summed E-state index contributed by atoms with van der Waals surface area (Å²) in [6, 6.07) is 8.12. The number of anilines is 1. The van der Waals surface area contributed by atoms with Crippen molar-refractivity contribution in [3.63, 3.8) is 0 Å². The molecule has 3 aliphatic rings. The zero-order valence-corrected chi connectivity index (χ0v) is 18.0. The van der Waals surface area contributed by atoms with Crippen molar-refractivity contribution in [3.05, 3.63) is 29.8 Å². The third-order valence-electron chi connectivity index (χ3n) is 6.31. The first-order valence-electron chi connectivity index (χ1n) is 10.9. The molecule has 4 rings (SSSR count). The van der Waals surface area contributed by atoms with Gasteiger partial charge in [-0.05, 0) is 31.0 Å². The SMILES string of the molecule is O=C(CN1CCN(C2CCCC2)CC1)Nc1cccc(C(=O)N2CCSCC2)c1. The summed E-state index contributed by atoms with van der Waals surface area (Å²) in [7, 11) is 0. The fourth-order valence-corrected chi connectivity index (χ4v) is 5.54. The maximum absolute atomic E-state index is 12.7. The van der Waals surface area contributed by atoms with Gasteiger partial charge in [0.15, 0.2) is 0 Å². The van der Waals surface area contributed by atoms with Crippen molar-refractivity contribution >= 4 is 29.3 Å². The van der Waals surface area contributed by atoms with Crippen molar-refractivity contribution in [3.8, 4) is 0 Å². The molecule has 3 fully saturated rings. The van der Waals surface area contributed by atoms with E-state index in [0.717, 1.165) is 56.8 Å². The predicted octanol–water partition coefficient (Wildman–Crippen LogP) is 2.37. The smallest absolute Gasteiger partial charge is 0.253 e. The van der Waals surface area contributed by atoms with E-state index in [0.29, 0.717) is 17.8 Å². The normalized spacial score (nSPS) is 22.0. The molecule has 7 heteroatoms. The highest BCUT2D eigenvalue weighted by Crippen LogP contribution is 2.24. The Morgan fingerprint density at radius 1 is 1.00 bits per heavy atom. The van der Waals surface area contributed by atoms with Gasteiger partial charge in [-0.1, -0.05) is 18.9 Å². The second kappa shape index (κ2) is 9.96. The van der Waals surface area contributed by atoms with Gasteiger partial charge in [-0.15, -0.1) is 0 Å². The number of thioether (sulfide) groups is 1. The molecule has 2 heterocycles. The van der Waals surface area contributed by atoms with Gasteiger partial charge in [0.1, 0.15) is 0 Å². The summed E-state index contributed by atoms with van der Waals surface area (Å²) in [5.74, 6) is 2.05. The van der Waals surface area contributed by atoms with Crippen LogP contribution in [0.5, 0.6) is 0 Å². The Morgan fingerprint density at radius 3 is 2.45 bits per heavy atom. The quantitative estimate of drug-likeness (QED) is 0.799. The first kappa shape index (κ1) is 20.7.